The van der Waals surface area contributed by atoms with Gasteiger partial charge in [-0.1, -0.05) is 12.8 Å². The average molecular weight is 248 g/mol. The summed E-state index contributed by atoms with van der Waals surface area (Å²) in [5.41, 5.74) is 7.90. The molecule has 0 bridgehead atoms. The second-order valence-electron chi connectivity index (χ2n) is 5.48. The average Bonchev–Trinajstić information content (AvgIpc) is 2.79. The van der Waals surface area contributed by atoms with Crippen LogP contribution in [0.15, 0.2) is 18.2 Å². The first-order valence-corrected chi connectivity index (χ1v) is 6.86. The van der Waals surface area contributed by atoms with Crippen LogP contribution in [-0.4, -0.2) is 19.2 Å². The number of rotatable bonds is 4. The van der Waals surface area contributed by atoms with Crippen molar-refractivity contribution in [2.75, 3.05) is 17.7 Å². The van der Waals surface area contributed by atoms with Gasteiger partial charge in [-0.05, 0) is 32.8 Å². The van der Waals surface area contributed by atoms with Crippen LogP contribution in [0.5, 0.6) is 5.75 Å². The van der Waals surface area contributed by atoms with E-state index in [4.69, 9.17) is 10.5 Å². The van der Waals surface area contributed by atoms with Gasteiger partial charge in [-0.2, -0.15) is 0 Å². The molecule has 0 saturated heterocycles. The molecule has 0 aliphatic heterocycles. The molecule has 0 atom stereocenters. The minimum Gasteiger partial charge on any atom is -0.491 e. The minimum absolute atomic E-state index is 0.177. The monoisotopic (exact) mass is 248 g/mol. The van der Waals surface area contributed by atoms with E-state index in [-0.39, 0.29) is 6.10 Å². The highest BCUT2D eigenvalue weighted by molar-refractivity contribution is 5.60. The van der Waals surface area contributed by atoms with Crippen molar-refractivity contribution < 1.29 is 4.74 Å². The van der Waals surface area contributed by atoms with Crippen LogP contribution >= 0.6 is 0 Å². The van der Waals surface area contributed by atoms with Gasteiger partial charge in [-0.15, -0.1) is 0 Å². The Morgan fingerprint density at radius 1 is 1.22 bits per heavy atom. The first kappa shape index (κ1) is 13.1. The van der Waals surface area contributed by atoms with Gasteiger partial charge in [0.15, 0.2) is 0 Å². The normalized spacial score (nSPS) is 16.2. The highest BCUT2D eigenvalue weighted by atomic mass is 16.5. The molecular formula is C15H24N2O. The Kier molecular flexibility index (Phi) is 4.00. The first-order valence-electron chi connectivity index (χ1n) is 6.86. The number of hydrogen-bond donors (Lipinski definition) is 1. The van der Waals surface area contributed by atoms with Gasteiger partial charge in [-0.25, -0.2) is 0 Å². The summed E-state index contributed by atoms with van der Waals surface area (Å²) >= 11 is 0. The molecule has 0 amide bonds. The number of hydrogen-bond acceptors (Lipinski definition) is 3. The van der Waals surface area contributed by atoms with Crippen molar-refractivity contribution in [3.63, 3.8) is 0 Å². The predicted octanol–water partition coefficient (Wildman–Crippen LogP) is 3.43. The lowest BCUT2D eigenvalue weighted by Crippen LogP contribution is -2.28. The van der Waals surface area contributed by atoms with E-state index in [0.717, 1.165) is 17.1 Å². The van der Waals surface area contributed by atoms with Crippen molar-refractivity contribution in [2.45, 2.75) is 51.7 Å². The third-order valence-corrected chi connectivity index (χ3v) is 3.57. The van der Waals surface area contributed by atoms with Gasteiger partial charge < -0.3 is 15.4 Å². The Bertz CT molecular complexity index is 397. The quantitative estimate of drug-likeness (QED) is 0.830. The molecule has 0 spiro atoms. The Labute approximate surface area is 110 Å². The molecule has 0 unspecified atom stereocenters. The zero-order valence-electron chi connectivity index (χ0n) is 11.6. The number of anilines is 2. The molecule has 3 nitrogen and oxygen atoms in total. The van der Waals surface area contributed by atoms with E-state index in [1.54, 1.807) is 0 Å². The SMILES string of the molecule is CC(C)Oc1cc(N)cc(N(C)C2CCCC2)c1. The molecule has 2 N–H and O–H groups in total. The highest BCUT2D eigenvalue weighted by Gasteiger charge is 2.20. The summed E-state index contributed by atoms with van der Waals surface area (Å²) in [7, 11) is 2.16. The molecule has 1 aliphatic carbocycles. The molecule has 1 aromatic carbocycles. The molecular weight excluding hydrogens is 224 g/mol. The van der Waals surface area contributed by atoms with Gasteiger partial charge in [0.1, 0.15) is 5.75 Å². The van der Waals surface area contributed by atoms with E-state index in [2.05, 4.69) is 18.0 Å². The Balaban J connectivity index is 2.18. The molecule has 0 heterocycles. The van der Waals surface area contributed by atoms with E-state index < -0.39 is 0 Å². The zero-order chi connectivity index (χ0) is 13.1. The number of nitrogen functional groups attached to an aromatic ring is 1. The summed E-state index contributed by atoms with van der Waals surface area (Å²) in [6.45, 7) is 4.06. The van der Waals surface area contributed by atoms with Crippen LogP contribution in [0.4, 0.5) is 11.4 Å². The molecule has 3 heteroatoms. The van der Waals surface area contributed by atoms with Crippen LogP contribution in [0.1, 0.15) is 39.5 Å². The van der Waals surface area contributed by atoms with Gasteiger partial charge >= 0.3 is 0 Å². The summed E-state index contributed by atoms with van der Waals surface area (Å²) in [6, 6.07) is 6.67. The maximum atomic E-state index is 5.96. The fourth-order valence-electron chi connectivity index (χ4n) is 2.65. The number of benzene rings is 1. The molecule has 0 radical (unpaired) electrons. The minimum atomic E-state index is 0.177. The maximum absolute atomic E-state index is 5.96. The second kappa shape index (κ2) is 5.51. The lowest BCUT2D eigenvalue weighted by molar-refractivity contribution is 0.242. The Morgan fingerprint density at radius 2 is 1.89 bits per heavy atom. The highest BCUT2D eigenvalue weighted by Crippen LogP contribution is 2.31. The van der Waals surface area contributed by atoms with Crippen LogP contribution in [0, 0.1) is 0 Å². The third-order valence-electron chi connectivity index (χ3n) is 3.57. The molecule has 100 valence electrons. The van der Waals surface area contributed by atoms with Crippen molar-refractivity contribution in [3.8, 4) is 5.75 Å². The Morgan fingerprint density at radius 3 is 2.50 bits per heavy atom. The van der Waals surface area contributed by atoms with E-state index >= 15 is 0 Å². The standard InChI is InChI=1S/C15H24N2O/c1-11(2)18-15-9-12(16)8-14(10-15)17(3)13-6-4-5-7-13/h8-11,13H,4-7,16H2,1-3H3. The van der Waals surface area contributed by atoms with Crippen LogP contribution in [0.2, 0.25) is 0 Å². The fraction of sp³-hybridized carbons (Fsp3) is 0.600. The van der Waals surface area contributed by atoms with Gasteiger partial charge in [0, 0.05) is 36.6 Å². The summed E-state index contributed by atoms with van der Waals surface area (Å²) in [5, 5.41) is 0. The van der Waals surface area contributed by atoms with Crippen molar-refractivity contribution in [1.82, 2.24) is 0 Å². The smallest absolute Gasteiger partial charge is 0.123 e. The van der Waals surface area contributed by atoms with Crippen LogP contribution in [0.25, 0.3) is 0 Å². The van der Waals surface area contributed by atoms with Crippen LogP contribution in [0.3, 0.4) is 0 Å². The van der Waals surface area contributed by atoms with Crippen LogP contribution in [-0.2, 0) is 0 Å². The van der Waals surface area contributed by atoms with Gasteiger partial charge in [-0.3, -0.25) is 0 Å². The third kappa shape index (κ3) is 3.09. The molecule has 1 fully saturated rings. The number of nitrogens with two attached hydrogens (primary N) is 1. The van der Waals surface area contributed by atoms with E-state index in [9.17, 15) is 0 Å². The summed E-state index contributed by atoms with van der Waals surface area (Å²) < 4.78 is 5.74. The van der Waals surface area contributed by atoms with E-state index in [0.29, 0.717) is 6.04 Å². The maximum Gasteiger partial charge on any atom is 0.123 e. The predicted molar refractivity (Wildman–Crippen MR) is 77.3 cm³/mol. The molecule has 0 aromatic heterocycles. The number of ether oxygens (including phenoxy) is 1. The topological polar surface area (TPSA) is 38.5 Å². The van der Waals surface area contributed by atoms with Gasteiger partial charge in [0.25, 0.3) is 0 Å². The van der Waals surface area contributed by atoms with Crippen LogP contribution < -0.4 is 15.4 Å². The lowest BCUT2D eigenvalue weighted by atomic mass is 10.1. The first-order chi connectivity index (χ1) is 8.56. The molecule has 1 aromatic rings. The largest absolute Gasteiger partial charge is 0.491 e. The summed E-state index contributed by atoms with van der Waals surface area (Å²) in [6.07, 6.45) is 5.42. The zero-order valence-corrected chi connectivity index (χ0v) is 11.6. The molecule has 2 rings (SSSR count). The second-order valence-corrected chi connectivity index (χ2v) is 5.48. The van der Waals surface area contributed by atoms with E-state index in [1.165, 1.54) is 25.7 Å². The van der Waals surface area contributed by atoms with E-state index in [1.807, 2.05) is 26.0 Å². The molecule has 1 aliphatic rings. The van der Waals surface area contributed by atoms with Crippen molar-refractivity contribution in [1.29, 1.82) is 0 Å². The Hall–Kier alpha value is -1.38. The van der Waals surface area contributed by atoms with Crippen molar-refractivity contribution in [2.24, 2.45) is 0 Å². The fourth-order valence-corrected chi connectivity index (χ4v) is 2.65. The lowest BCUT2D eigenvalue weighted by Gasteiger charge is -2.27. The summed E-state index contributed by atoms with van der Waals surface area (Å²) in [5.74, 6) is 0.866. The van der Waals surface area contributed by atoms with Gasteiger partial charge in [0.05, 0.1) is 6.10 Å². The van der Waals surface area contributed by atoms with Crippen molar-refractivity contribution >= 4 is 11.4 Å². The number of nitrogens with zero attached hydrogens (tertiary/aromatic N) is 1. The molecule has 18 heavy (non-hydrogen) atoms. The van der Waals surface area contributed by atoms with Gasteiger partial charge in [0.2, 0.25) is 0 Å². The summed E-state index contributed by atoms with van der Waals surface area (Å²) in [4.78, 5) is 2.34. The molecule has 1 saturated carbocycles. The van der Waals surface area contributed by atoms with Crippen molar-refractivity contribution in [3.05, 3.63) is 18.2 Å².